The lowest BCUT2D eigenvalue weighted by Crippen LogP contribution is -2.39. The zero-order valence-corrected chi connectivity index (χ0v) is 14.1. The number of sulfonamides is 1. The number of carbonyl (C=O) groups is 1. The first-order valence-corrected chi connectivity index (χ1v) is 9.45. The van der Waals surface area contributed by atoms with Gasteiger partial charge in [-0.15, -0.1) is 0 Å². The van der Waals surface area contributed by atoms with Gasteiger partial charge >= 0.3 is 0 Å². The van der Waals surface area contributed by atoms with Crippen LogP contribution in [0.15, 0.2) is 24.3 Å². The van der Waals surface area contributed by atoms with Crippen LogP contribution in [-0.2, 0) is 14.8 Å². The molecule has 0 heterocycles. The van der Waals surface area contributed by atoms with E-state index in [1.807, 2.05) is 13.0 Å². The number of anilines is 1. The molecule has 2 N–H and O–H groups in total. The second kappa shape index (κ2) is 6.59. The zero-order valence-electron chi connectivity index (χ0n) is 13.3. The molecule has 7 heteroatoms. The molecule has 0 bridgehead atoms. The Hall–Kier alpha value is -2.07. The summed E-state index contributed by atoms with van der Waals surface area (Å²) >= 11 is 0. The monoisotopic (exact) mass is 335 g/mol. The largest absolute Gasteiger partial charge is 0.348 e. The molecule has 1 aromatic carbocycles. The average Bonchev–Trinajstić information content (AvgIpc) is 2.96. The summed E-state index contributed by atoms with van der Waals surface area (Å²) in [7, 11) is -3.35. The van der Waals surface area contributed by atoms with Gasteiger partial charge in [-0.1, -0.05) is 25.0 Å². The minimum atomic E-state index is -3.35. The van der Waals surface area contributed by atoms with E-state index < -0.39 is 15.4 Å². The predicted molar refractivity (Wildman–Crippen MR) is 88.0 cm³/mol. The number of rotatable bonds is 5. The predicted octanol–water partition coefficient (Wildman–Crippen LogP) is 2.32. The van der Waals surface area contributed by atoms with Crippen molar-refractivity contribution in [1.29, 1.82) is 5.26 Å². The Morgan fingerprint density at radius 1 is 1.35 bits per heavy atom. The fraction of sp³-hybridized carbons (Fsp3) is 0.500. The number of nitrogens with zero attached hydrogens (tertiary/aromatic N) is 1. The lowest BCUT2D eigenvalue weighted by Gasteiger charge is -2.23. The van der Waals surface area contributed by atoms with Crippen LogP contribution in [-0.4, -0.2) is 20.6 Å². The molecule has 124 valence electrons. The van der Waals surface area contributed by atoms with Gasteiger partial charge in [-0.25, -0.2) is 8.42 Å². The molecule has 0 radical (unpaired) electrons. The van der Waals surface area contributed by atoms with Crippen LogP contribution in [0.3, 0.4) is 0 Å². The number of benzene rings is 1. The molecule has 1 aliphatic rings. The Morgan fingerprint density at radius 2 is 2.00 bits per heavy atom. The first-order valence-electron chi connectivity index (χ1n) is 7.56. The Balaban J connectivity index is 2.12. The number of hydrogen-bond donors (Lipinski definition) is 2. The first kappa shape index (κ1) is 17.3. The molecule has 1 aromatic rings. The van der Waals surface area contributed by atoms with Gasteiger partial charge in [0.15, 0.2) is 0 Å². The molecule has 2 rings (SSSR count). The van der Waals surface area contributed by atoms with Gasteiger partial charge in [0.2, 0.25) is 15.9 Å². The molecule has 0 unspecified atom stereocenters. The molecule has 1 saturated carbocycles. The normalized spacial score (nSPS) is 18.0. The quantitative estimate of drug-likeness (QED) is 0.862. The molecule has 0 spiro atoms. The second-order valence-corrected chi connectivity index (χ2v) is 7.84. The van der Waals surface area contributed by atoms with Crippen molar-refractivity contribution in [3.8, 4) is 6.07 Å². The van der Waals surface area contributed by atoms with Crippen LogP contribution in [0.4, 0.5) is 5.69 Å². The Morgan fingerprint density at radius 3 is 2.57 bits per heavy atom. The van der Waals surface area contributed by atoms with Crippen molar-refractivity contribution in [2.45, 2.75) is 38.6 Å². The molecule has 23 heavy (non-hydrogen) atoms. The molecule has 0 saturated heterocycles. The van der Waals surface area contributed by atoms with Crippen molar-refractivity contribution in [2.24, 2.45) is 5.41 Å². The van der Waals surface area contributed by atoms with Gasteiger partial charge in [-0.05, 0) is 37.5 Å². The van der Waals surface area contributed by atoms with Crippen molar-refractivity contribution < 1.29 is 13.2 Å². The van der Waals surface area contributed by atoms with Crippen LogP contribution in [0.1, 0.15) is 44.2 Å². The highest BCUT2D eigenvalue weighted by atomic mass is 32.2. The van der Waals surface area contributed by atoms with Gasteiger partial charge in [-0.3, -0.25) is 9.52 Å². The summed E-state index contributed by atoms with van der Waals surface area (Å²) in [6.45, 7) is 1.82. The lowest BCUT2D eigenvalue weighted by molar-refractivity contribution is -0.128. The average molecular weight is 335 g/mol. The summed E-state index contributed by atoms with van der Waals surface area (Å²) < 4.78 is 25.0. The summed E-state index contributed by atoms with van der Waals surface area (Å²) in [6.07, 6.45) is 4.06. The first-order chi connectivity index (χ1) is 10.8. The number of nitrogens with one attached hydrogen (secondary N) is 2. The smallest absolute Gasteiger partial charge is 0.240 e. The minimum Gasteiger partial charge on any atom is -0.348 e. The van der Waals surface area contributed by atoms with E-state index in [4.69, 9.17) is 0 Å². The molecular weight excluding hydrogens is 314 g/mol. The van der Waals surface area contributed by atoms with Crippen LogP contribution >= 0.6 is 0 Å². The van der Waals surface area contributed by atoms with Crippen LogP contribution in [0.5, 0.6) is 0 Å². The van der Waals surface area contributed by atoms with Gasteiger partial charge in [0.1, 0.15) is 5.41 Å². The molecule has 1 fully saturated rings. The van der Waals surface area contributed by atoms with Crippen molar-refractivity contribution >= 4 is 21.6 Å². The van der Waals surface area contributed by atoms with Gasteiger partial charge in [-0.2, -0.15) is 5.26 Å². The van der Waals surface area contributed by atoms with E-state index in [1.165, 1.54) is 0 Å². The van der Waals surface area contributed by atoms with Crippen molar-refractivity contribution in [2.75, 3.05) is 11.0 Å². The van der Waals surface area contributed by atoms with E-state index in [0.717, 1.165) is 24.7 Å². The molecule has 1 amide bonds. The summed E-state index contributed by atoms with van der Waals surface area (Å²) in [5.41, 5.74) is 0.303. The van der Waals surface area contributed by atoms with Crippen molar-refractivity contribution in [3.05, 3.63) is 29.8 Å². The third-order valence-electron chi connectivity index (χ3n) is 4.14. The second-order valence-electron chi connectivity index (χ2n) is 6.10. The third kappa shape index (κ3) is 4.23. The van der Waals surface area contributed by atoms with E-state index in [-0.39, 0.29) is 11.9 Å². The third-order valence-corrected chi connectivity index (χ3v) is 4.75. The molecule has 1 aliphatic carbocycles. The molecule has 1 atom stereocenters. The highest BCUT2D eigenvalue weighted by molar-refractivity contribution is 7.92. The topological polar surface area (TPSA) is 99.1 Å². The van der Waals surface area contributed by atoms with E-state index in [1.54, 1.807) is 18.2 Å². The van der Waals surface area contributed by atoms with Crippen LogP contribution in [0, 0.1) is 16.7 Å². The van der Waals surface area contributed by atoms with Gasteiger partial charge in [0.25, 0.3) is 0 Å². The van der Waals surface area contributed by atoms with E-state index in [9.17, 15) is 18.5 Å². The van der Waals surface area contributed by atoms with Crippen molar-refractivity contribution in [3.63, 3.8) is 0 Å². The summed E-state index contributed by atoms with van der Waals surface area (Å²) in [5, 5.41) is 12.2. The van der Waals surface area contributed by atoms with E-state index in [0.29, 0.717) is 18.5 Å². The summed E-state index contributed by atoms with van der Waals surface area (Å²) in [4.78, 5) is 12.5. The zero-order chi connectivity index (χ0) is 17.1. The van der Waals surface area contributed by atoms with Crippen LogP contribution < -0.4 is 10.0 Å². The maximum atomic E-state index is 12.5. The van der Waals surface area contributed by atoms with Crippen molar-refractivity contribution in [1.82, 2.24) is 5.32 Å². The molecule has 0 aliphatic heterocycles. The Bertz CT molecular complexity index is 731. The lowest BCUT2D eigenvalue weighted by atomic mass is 9.86. The molecular formula is C16H21N3O3S. The highest BCUT2D eigenvalue weighted by Gasteiger charge is 2.41. The summed E-state index contributed by atoms with van der Waals surface area (Å²) in [6, 6.07) is 8.72. The SMILES string of the molecule is C[C@H](NC(=O)C1(C#N)CCCC1)c1cccc(NS(C)(=O)=O)c1. The van der Waals surface area contributed by atoms with Crippen LogP contribution in [0.25, 0.3) is 0 Å². The summed E-state index contributed by atoms with van der Waals surface area (Å²) in [5.74, 6) is -0.244. The Labute approximate surface area is 136 Å². The fourth-order valence-electron chi connectivity index (χ4n) is 2.87. The fourth-order valence-corrected chi connectivity index (χ4v) is 3.43. The van der Waals surface area contributed by atoms with Gasteiger partial charge < -0.3 is 5.32 Å². The van der Waals surface area contributed by atoms with E-state index in [2.05, 4.69) is 16.1 Å². The minimum absolute atomic E-state index is 0.244. The van der Waals surface area contributed by atoms with Gasteiger partial charge in [0.05, 0.1) is 18.4 Å². The highest BCUT2D eigenvalue weighted by Crippen LogP contribution is 2.38. The van der Waals surface area contributed by atoms with Gasteiger partial charge in [0, 0.05) is 5.69 Å². The standard InChI is InChI=1S/C16H21N3O3S/c1-12(18-15(20)16(11-17)8-3-4-9-16)13-6-5-7-14(10-13)19-23(2,21)22/h5-7,10,12,19H,3-4,8-9H2,1-2H3,(H,18,20)/t12-/m0/s1. The number of amides is 1. The van der Waals surface area contributed by atoms with E-state index >= 15 is 0 Å². The molecule has 6 nitrogen and oxygen atoms in total. The molecule has 0 aromatic heterocycles. The maximum absolute atomic E-state index is 12.5. The number of nitriles is 1. The number of carbonyl (C=O) groups excluding carboxylic acids is 1. The van der Waals surface area contributed by atoms with Crippen LogP contribution in [0.2, 0.25) is 0 Å². The Kier molecular flexibility index (Phi) is 4.95. The maximum Gasteiger partial charge on any atom is 0.240 e. The number of hydrogen-bond acceptors (Lipinski definition) is 4.